The number of ether oxygens (including phenoxy) is 1. The van der Waals surface area contributed by atoms with Crippen molar-refractivity contribution in [2.24, 2.45) is 0 Å². The Morgan fingerprint density at radius 2 is 1.89 bits per heavy atom. The number of anilines is 1. The Labute approximate surface area is 112 Å². The van der Waals surface area contributed by atoms with Crippen molar-refractivity contribution in [3.05, 3.63) is 41.5 Å². The van der Waals surface area contributed by atoms with E-state index >= 15 is 0 Å². The maximum Gasteiger partial charge on any atom is 0.221 e. The topological polar surface area (TPSA) is 73.9 Å². The maximum absolute atomic E-state index is 5.78. The van der Waals surface area contributed by atoms with E-state index in [1.807, 2.05) is 19.1 Å². The van der Waals surface area contributed by atoms with Crippen LogP contribution in [0.25, 0.3) is 0 Å². The highest BCUT2D eigenvalue weighted by Gasteiger charge is 2.07. The first-order valence-corrected chi connectivity index (χ1v) is 6.29. The molecule has 2 heterocycles. The third-order valence-electron chi connectivity index (χ3n) is 2.85. The van der Waals surface area contributed by atoms with Gasteiger partial charge in [0.25, 0.3) is 0 Å². The average molecular weight is 258 g/mol. The van der Waals surface area contributed by atoms with Gasteiger partial charge in [-0.25, -0.2) is 4.98 Å². The summed E-state index contributed by atoms with van der Waals surface area (Å²) < 4.78 is 5.67. The quantitative estimate of drug-likeness (QED) is 0.831. The third-order valence-corrected chi connectivity index (χ3v) is 2.85. The molecule has 19 heavy (non-hydrogen) atoms. The molecule has 0 bridgehead atoms. The van der Waals surface area contributed by atoms with Crippen LogP contribution < -0.4 is 10.5 Å². The largest absolute Gasteiger partial charge is 0.477 e. The molecule has 0 unspecified atom stereocenters. The lowest BCUT2D eigenvalue weighted by molar-refractivity contribution is 0.296. The zero-order valence-corrected chi connectivity index (χ0v) is 11.3. The summed E-state index contributed by atoms with van der Waals surface area (Å²) >= 11 is 0. The summed E-state index contributed by atoms with van der Waals surface area (Å²) in [7, 11) is 0. The molecule has 0 atom stereocenters. The minimum Gasteiger partial charge on any atom is -0.477 e. The highest BCUT2D eigenvalue weighted by molar-refractivity contribution is 5.44. The molecule has 0 radical (unpaired) electrons. The van der Waals surface area contributed by atoms with Crippen LogP contribution in [0, 0.1) is 13.8 Å². The molecular formula is C14H18N4O. The summed E-state index contributed by atoms with van der Waals surface area (Å²) in [6.07, 6.45) is 5.48. The summed E-state index contributed by atoms with van der Waals surface area (Å²) in [5.74, 6) is 1.70. The molecule has 0 amide bonds. The minimum absolute atomic E-state index is 0.483. The van der Waals surface area contributed by atoms with Crippen LogP contribution >= 0.6 is 0 Å². The smallest absolute Gasteiger partial charge is 0.221 e. The summed E-state index contributed by atoms with van der Waals surface area (Å²) in [5.41, 5.74) is 7.84. The Hall–Kier alpha value is -2.17. The van der Waals surface area contributed by atoms with Gasteiger partial charge < -0.3 is 10.5 Å². The lowest BCUT2D eigenvalue weighted by atomic mass is 10.1. The predicted molar refractivity (Wildman–Crippen MR) is 74.0 cm³/mol. The number of pyridine rings is 1. The van der Waals surface area contributed by atoms with Crippen molar-refractivity contribution >= 4 is 5.82 Å². The highest BCUT2D eigenvalue weighted by atomic mass is 16.5. The molecule has 0 fully saturated rings. The molecular weight excluding hydrogens is 240 g/mol. The number of rotatable bonds is 5. The van der Waals surface area contributed by atoms with Gasteiger partial charge in [-0.15, -0.1) is 0 Å². The van der Waals surface area contributed by atoms with E-state index in [-0.39, 0.29) is 0 Å². The van der Waals surface area contributed by atoms with Gasteiger partial charge in [0.15, 0.2) is 0 Å². The lowest BCUT2D eigenvalue weighted by Crippen LogP contribution is -2.07. The van der Waals surface area contributed by atoms with Crippen LogP contribution in [-0.2, 0) is 6.42 Å². The van der Waals surface area contributed by atoms with Crippen molar-refractivity contribution < 1.29 is 4.74 Å². The van der Waals surface area contributed by atoms with Crippen molar-refractivity contribution in [1.82, 2.24) is 15.0 Å². The van der Waals surface area contributed by atoms with E-state index in [9.17, 15) is 0 Å². The molecule has 2 aromatic rings. The molecule has 5 heteroatoms. The van der Waals surface area contributed by atoms with Crippen LogP contribution in [0.5, 0.6) is 5.88 Å². The van der Waals surface area contributed by atoms with E-state index in [4.69, 9.17) is 10.5 Å². The Kier molecular flexibility index (Phi) is 4.28. The number of nitrogen functional groups attached to an aromatic ring is 1. The molecule has 0 spiro atoms. The van der Waals surface area contributed by atoms with Gasteiger partial charge in [-0.3, -0.25) is 4.98 Å². The Morgan fingerprint density at radius 3 is 2.63 bits per heavy atom. The first-order valence-electron chi connectivity index (χ1n) is 6.29. The molecule has 0 saturated carbocycles. The fourth-order valence-electron chi connectivity index (χ4n) is 1.76. The van der Waals surface area contributed by atoms with Gasteiger partial charge in [-0.2, -0.15) is 4.98 Å². The van der Waals surface area contributed by atoms with Crippen LogP contribution in [0.15, 0.2) is 24.5 Å². The van der Waals surface area contributed by atoms with E-state index in [1.54, 1.807) is 19.3 Å². The van der Waals surface area contributed by atoms with Gasteiger partial charge >= 0.3 is 0 Å². The number of hydrogen-bond acceptors (Lipinski definition) is 5. The zero-order chi connectivity index (χ0) is 13.7. The van der Waals surface area contributed by atoms with E-state index in [1.165, 1.54) is 5.56 Å². The van der Waals surface area contributed by atoms with E-state index in [2.05, 4.69) is 15.0 Å². The van der Waals surface area contributed by atoms with E-state index in [0.29, 0.717) is 24.1 Å². The Morgan fingerprint density at radius 1 is 1.16 bits per heavy atom. The van der Waals surface area contributed by atoms with Crippen molar-refractivity contribution in [1.29, 1.82) is 0 Å². The first-order chi connectivity index (χ1) is 9.16. The minimum atomic E-state index is 0.483. The van der Waals surface area contributed by atoms with Crippen LogP contribution in [0.4, 0.5) is 5.82 Å². The molecule has 2 N–H and O–H groups in total. The molecule has 2 rings (SSSR count). The molecule has 0 saturated heterocycles. The molecule has 0 aromatic carbocycles. The average Bonchev–Trinajstić information content (AvgIpc) is 2.41. The van der Waals surface area contributed by atoms with Crippen LogP contribution in [0.3, 0.4) is 0 Å². The number of aromatic nitrogens is 3. The monoisotopic (exact) mass is 258 g/mol. The molecule has 2 aromatic heterocycles. The fourth-order valence-corrected chi connectivity index (χ4v) is 1.76. The fraction of sp³-hybridized carbons (Fsp3) is 0.357. The second-order valence-corrected chi connectivity index (χ2v) is 4.39. The Balaban J connectivity index is 1.86. The molecule has 5 nitrogen and oxygen atoms in total. The third kappa shape index (κ3) is 3.64. The van der Waals surface area contributed by atoms with Crippen molar-refractivity contribution in [3.63, 3.8) is 0 Å². The zero-order valence-electron chi connectivity index (χ0n) is 11.3. The van der Waals surface area contributed by atoms with Gasteiger partial charge in [0.2, 0.25) is 5.88 Å². The molecule has 0 aliphatic rings. The number of nitrogens with two attached hydrogens (primary N) is 1. The summed E-state index contributed by atoms with van der Waals surface area (Å²) in [6, 6.07) is 4.02. The van der Waals surface area contributed by atoms with Crippen LogP contribution in [-0.4, -0.2) is 21.6 Å². The van der Waals surface area contributed by atoms with Crippen molar-refractivity contribution in [3.8, 4) is 5.88 Å². The van der Waals surface area contributed by atoms with Crippen LogP contribution in [0.1, 0.15) is 23.4 Å². The summed E-state index contributed by atoms with van der Waals surface area (Å²) in [4.78, 5) is 12.3. The van der Waals surface area contributed by atoms with Gasteiger partial charge in [0.05, 0.1) is 12.2 Å². The van der Waals surface area contributed by atoms with E-state index in [0.717, 1.165) is 18.4 Å². The number of nitrogens with zero attached hydrogens (tertiary/aromatic N) is 3. The Bertz CT molecular complexity index is 543. The molecule has 0 aliphatic heterocycles. The standard InChI is InChI=1S/C14H18N4O/c1-10-13(15)17-11(2)18-14(10)19-9-3-4-12-5-7-16-8-6-12/h5-8H,3-4,9H2,1-2H3,(H2,15,17,18). The van der Waals surface area contributed by atoms with Gasteiger partial charge in [-0.1, -0.05) is 0 Å². The summed E-state index contributed by atoms with van der Waals surface area (Å²) in [5, 5.41) is 0. The van der Waals surface area contributed by atoms with Gasteiger partial charge in [-0.05, 0) is 44.4 Å². The summed E-state index contributed by atoms with van der Waals surface area (Å²) in [6.45, 7) is 4.28. The lowest BCUT2D eigenvalue weighted by Gasteiger charge is -2.10. The first kappa shape index (κ1) is 13.3. The number of aryl methyl sites for hydroxylation is 2. The van der Waals surface area contributed by atoms with Crippen molar-refractivity contribution in [2.75, 3.05) is 12.3 Å². The van der Waals surface area contributed by atoms with Crippen molar-refractivity contribution in [2.45, 2.75) is 26.7 Å². The van der Waals surface area contributed by atoms with Crippen LogP contribution in [0.2, 0.25) is 0 Å². The maximum atomic E-state index is 5.78. The molecule has 100 valence electrons. The highest BCUT2D eigenvalue weighted by Crippen LogP contribution is 2.19. The normalized spacial score (nSPS) is 10.4. The van der Waals surface area contributed by atoms with Gasteiger partial charge in [0, 0.05) is 12.4 Å². The van der Waals surface area contributed by atoms with E-state index < -0.39 is 0 Å². The number of hydrogen-bond donors (Lipinski definition) is 1. The van der Waals surface area contributed by atoms with Gasteiger partial charge in [0.1, 0.15) is 11.6 Å². The predicted octanol–water partition coefficient (Wildman–Crippen LogP) is 2.08. The molecule has 0 aliphatic carbocycles. The SMILES string of the molecule is Cc1nc(N)c(C)c(OCCCc2ccncc2)n1. The second-order valence-electron chi connectivity index (χ2n) is 4.39. The second kappa shape index (κ2) is 6.13.